The van der Waals surface area contributed by atoms with Crippen molar-refractivity contribution in [2.75, 3.05) is 13.1 Å². The number of likely N-dealkylation sites (tertiary alicyclic amines) is 1. The van der Waals surface area contributed by atoms with E-state index >= 15 is 0 Å². The van der Waals surface area contributed by atoms with Crippen LogP contribution in [0.2, 0.25) is 5.02 Å². The molecule has 1 saturated heterocycles. The van der Waals surface area contributed by atoms with Crippen LogP contribution in [0.5, 0.6) is 0 Å². The number of hydrogen-bond acceptors (Lipinski definition) is 5. The maximum Gasteiger partial charge on any atom is 0.237 e. The highest BCUT2D eigenvalue weighted by Gasteiger charge is 2.38. The summed E-state index contributed by atoms with van der Waals surface area (Å²) >= 11 is 6.00. The number of nitrogens with one attached hydrogen (secondary N) is 1. The number of benzene rings is 2. The van der Waals surface area contributed by atoms with Crippen LogP contribution in [-0.2, 0) is 17.8 Å². The van der Waals surface area contributed by atoms with Crippen LogP contribution in [0, 0.1) is 0 Å². The summed E-state index contributed by atoms with van der Waals surface area (Å²) in [7, 11) is 0. The Balaban J connectivity index is 1.42. The zero-order valence-corrected chi connectivity index (χ0v) is 16.7. The molecule has 0 radical (unpaired) electrons. The van der Waals surface area contributed by atoms with Crippen LogP contribution in [0.25, 0.3) is 0 Å². The second-order valence-corrected chi connectivity index (χ2v) is 7.71. The molecule has 0 unspecified atom stereocenters. The third-order valence-corrected chi connectivity index (χ3v) is 5.53. The third-order valence-electron chi connectivity index (χ3n) is 5.28. The van der Waals surface area contributed by atoms with Crippen LogP contribution in [0.1, 0.15) is 23.6 Å². The van der Waals surface area contributed by atoms with Gasteiger partial charge in [-0.2, -0.15) is 0 Å². The SMILES string of the molecule is O=C(NCCc1ccccc1)[C@@H]1C[C@H](n2cnnn2)CN1Cc1ccc(Cl)cc1. The molecule has 0 saturated carbocycles. The Morgan fingerprint density at radius 1 is 1.10 bits per heavy atom. The lowest BCUT2D eigenvalue weighted by Gasteiger charge is -2.23. The van der Waals surface area contributed by atoms with Crippen molar-refractivity contribution in [2.24, 2.45) is 0 Å². The number of rotatable bonds is 7. The first-order chi connectivity index (χ1) is 14.2. The van der Waals surface area contributed by atoms with Gasteiger partial charge in [0, 0.05) is 24.7 Å². The van der Waals surface area contributed by atoms with E-state index in [9.17, 15) is 4.79 Å². The molecular formula is C21H23ClN6O. The first-order valence-corrected chi connectivity index (χ1v) is 10.1. The van der Waals surface area contributed by atoms with Gasteiger partial charge in [-0.25, -0.2) is 4.68 Å². The molecule has 7 nitrogen and oxygen atoms in total. The molecule has 29 heavy (non-hydrogen) atoms. The topological polar surface area (TPSA) is 75.9 Å². The molecule has 0 spiro atoms. The number of amides is 1. The zero-order valence-electron chi connectivity index (χ0n) is 16.0. The molecule has 1 amide bonds. The van der Waals surface area contributed by atoms with Gasteiger partial charge in [0.1, 0.15) is 6.33 Å². The van der Waals surface area contributed by atoms with Gasteiger partial charge in [0.2, 0.25) is 5.91 Å². The summed E-state index contributed by atoms with van der Waals surface area (Å²) in [6.07, 6.45) is 3.10. The zero-order chi connectivity index (χ0) is 20.1. The average Bonchev–Trinajstić information content (AvgIpc) is 3.40. The molecule has 2 atom stereocenters. The molecule has 3 aromatic rings. The van der Waals surface area contributed by atoms with Crippen molar-refractivity contribution in [2.45, 2.75) is 31.5 Å². The molecule has 1 aliphatic heterocycles. The number of carbonyl (C=O) groups excluding carboxylic acids is 1. The maximum absolute atomic E-state index is 13.0. The molecule has 2 aromatic carbocycles. The number of tetrazole rings is 1. The lowest BCUT2D eigenvalue weighted by atomic mass is 10.1. The summed E-state index contributed by atoms with van der Waals surface area (Å²) in [5.41, 5.74) is 2.33. The van der Waals surface area contributed by atoms with E-state index in [4.69, 9.17) is 11.6 Å². The van der Waals surface area contributed by atoms with Gasteiger partial charge in [0.25, 0.3) is 0 Å². The van der Waals surface area contributed by atoms with Crippen LogP contribution < -0.4 is 5.32 Å². The molecule has 150 valence electrons. The number of nitrogens with zero attached hydrogens (tertiary/aromatic N) is 5. The fourth-order valence-corrected chi connectivity index (χ4v) is 3.90. The summed E-state index contributed by atoms with van der Waals surface area (Å²) in [4.78, 5) is 15.2. The first-order valence-electron chi connectivity index (χ1n) is 9.71. The number of aromatic nitrogens is 4. The van der Waals surface area contributed by atoms with Crippen molar-refractivity contribution >= 4 is 17.5 Å². The minimum Gasteiger partial charge on any atom is -0.354 e. The predicted octanol–water partition coefficient (Wildman–Crippen LogP) is 2.50. The highest BCUT2D eigenvalue weighted by molar-refractivity contribution is 6.30. The summed E-state index contributed by atoms with van der Waals surface area (Å²) in [5.74, 6) is 0.0467. The van der Waals surface area contributed by atoms with Gasteiger partial charge < -0.3 is 5.32 Å². The van der Waals surface area contributed by atoms with Crippen molar-refractivity contribution in [1.29, 1.82) is 0 Å². The molecular weight excluding hydrogens is 388 g/mol. The Hall–Kier alpha value is -2.77. The van der Waals surface area contributed by atoms with Crippen LogP contribution >= 0.6 is 11.6 Å². The summed E-state index contributed by atoms with van der Waals surface area (Å²) in [6, 6.07) is 17.8. The minimum absolute atomic E-state index is 0.0467. The van der Waals surface area contributed by atoms with Gasteiger partial charge >= 0.3 is 0 Å². The highest BCUT2D eigenvalue weighted by atomic mass is 35.5. The van der Waals surface area contributed by atoms with Crippen molar-refractivity contribution in [3.63, 3.8) is 0 Å². The molecule has 2 heterocycles. The summed E-state index contributed by atoms with van der Waals surface area (Å²) in [5, 5.41) is 15.3. The van der Waals surface area contributed by atoms with Gasteiger partial charge in [-0.1, -0.05) is 54.1 Å². The smallest absolute Gasteiger partial charge is 0.237 e. The van der Waals surface area contributed by atoms with E-state index in [0.717, 1.165) is 12.0 Å². The molecule has 1 aliphatic rings. The molecule has 0 aliphatic carbocycles. The van der Waals surface area contributed by atoms with E-state index in [0.29, 0.717) is 31.1 Å². The van der Waals surface area contributed by atoms with Crippen molar-refractivity contribution < 1.29 is 4.79 Å². The van der Waals surface area contributed by atoms with E-state index in [1.54, 1.807) is 11.0 Å². The van der Waals surface area contributed by atoms with Crippen molar-refractivity contribution in [3.05, 3.63) is 77.1 Å². The van der Waals surface area contributed by atoms with Gasteiger partial charge in [0.15, 0.2) is 0 Å². The number of carbonyl (C=O) groups is 1. The first kappa shape index (κ1) is 19.5. The van der Waals surface area contributed by atoms with E-state index in [1.165, 1.54) is 5.56 Å². The van der Waals surface area contributed by atoms with Crippen LogP contribution in [0.3, 0.4) is 0 Å². The molecule has 1 fully saturated rings. The quantitative estimate of drug-likeness (QED) is 0.647. The minimum atomic E-state index is -0.226. The molecule has 1 N–H and O–H groups in total. The van der Waals surface area contributed by atoms with E-state index in [1.807, 2.05) is 42.5 Å². The summed E-state index contributed by atoms with van der Waals surface area (Å²) in [6.45, 7) is 2.00. The Morgan fingerprint density at radius 2 is 1.90 bits per heavy atom. The average molecular weight is 411 g/mol. The molecule has 1 aromatic heterocycles. The number of hydrogen-bond donors (Lipinski definition) is 1. The lowest BCUT2D eigenvalue weighted by molar-refractivity contribution is -0.125. The maximum atomic E-state index is 13.0. The Morgan fingerprint density at radius 3 is 2.62 bits per heavy atom. The monoisotopic (exact) mass is 410 g/mol. The van der Waals surface area contributed by atoms with E-state index < -0.39 is 0 Å². The summed E-state index contributed by atoms with van der Waals surface area (Å²) < 4.78 is 1.74. The van der Waals surface area contributed by atoms with Crippen molar-refractivity contribution in [3.8, 4) is 0 Å². The van der Waals surface area contributed by atoms with Gasteiger partial charge in [-0.3, -0.25) is 9.69 Å². The lowest BCUT2D eigenvalue weighted by Crippen LogP contribution is -2.43. The van der Waals surface area contributed by atoms with Gasteiger partial charge in [-0.05, 0) is 46.5 Å². The molecule has 4 rings (SSSR count). The van der Waals surface area contributed by atoms with E-state index in [-0.39, 0.29) is 18.0 Å². The van der Waals surface area contributed by atoms with Gasteiger partial charge in [-0.15, -0.1) is 5.10 Å². The van der Waals surface area contributed by atoms with Crippen LogP contribution in [0.4, 0.5) is 0 Å². The standard InChI is InChI=1S/C21H23ClN6O/c22-18-8-6-17(7-9-18)13-27-14-19(28-15-24-25-26-28)12-20(27)21(29)23-11-10-16-4-2-1-3-5-16/h1-9,15,19-20H,10-14H2,(H,23,29)/t19-,20-/m0/s1. The predicted molar refractivity (Wildman–Crippen MR) is 110 cm³/mol. The number of halogens is 1. The third kappa shape index (κ3) is 4.99. The fraction of sp³-hybridized carbons (Fsp3) is 0.333. The Kier molecular flexibility index (Phi) is 6.17. The van der Waals surface area contributed by atoms with Gasteiger partial charge in [0.05, 0.1) is 12.1 Å². The molecule has 0 bridgehead atoms. The van der Waals surface area contributed by atoms with E-state index in [2.05, 4.69) is 37.9 Å². The van der Waals surface area contributed by atoms with Crippen molar-refractivity contribution in [1.82, 2.24) is 30.4 Å². The van der Waals surface area contributed by atoms with Crippen LogP contribution in [-0.4, -0.2) is 50.1 Å². The largest absolute Gasteiger partial charge is 0.354 e. The Labute approximate surface area is 174 Å². The normalized spacial score (nSPS) is 19.3. The second kappa shape index (κ2) is 9.15. The fourth-order valence-electron chi connectivity index (χ4n) is 3.77. The van der Waals surface area contributed by atoms with Crippen LogP contribution in [0.15, 0.2) is 60.9 Å². The highest BCUT2D eigenvalue weighted by Crippen LogP contribution is 2.28. The second-order valence-electron chi connectivity index (χ2n) is 7.28. The molecule has 8 heteroatoms. The Bertz CT molecular complexity index is 916.